The summed E-state index contributed by atoms with van der Waals surface area (Å²) in [4.78, 5) is 20.8. The van der Waals surface area contributed by atoms with E-state index in [1.165, 1.54) is 26.9 Å². The number of rotatable bonds is 4. The van der Waals surface area contributed by atoms with Gasteiger partial charge in [0.05, 0.1) is 11.0 Å². The summed E-state index contributed by atoms with van der Waals surface area (Å²) in [6.07, 6.45) is 0. The fourth-order valence-corrected chi connectivity index (χ4v) is 7.73. The number of para-hydroxylation sites is 3. The van der Waals surface area contributed by atoms with Crippen LogP contribution >= 0.6 is 0 Å². The standard InChI is InChI=1S/C46H27N5O/c1-2-13-28(14-3-1)43-48-44(29-25-26-34-32-17-5-4-15-30(32)31-16-6-7-18-33(31)37(34)27-29)50-46(49-43)51-39-22-10-9-21-38(39)47-45(51)36-20-12-24-41-42(36)35-19-8-11-23-40(35)52-41/h1-27H. The number of aromatic nitrogens is 5. The van der Waals surface area contributed by atoms with E-state index in [-0.39, 0.29) is 0 Å². The predicted octanol–water partition coefficient (Wildman–Crippen LogP) is 11.6. The molecule has 0 bridgehead atoms. The van der Waals surface area contributed by atoms with Crippen LogP contribution in [-0.2, 0) is 0 Å². The molecule has 0 fully saturated rings. The van der Waals surface area contributed by atoms with Crippen LogP contribution in [0.4, 0.5) is 0 Å². The quantitative estimate of drug-likeness (QED) is 0.175. The number of furan rings is 1. The van der Waals surface area contributed by atoms with Crippen molar-refractivity contribution in [3.8, 4) is 40.1 Å². The highest BCUT2D eigenvalue weighted by Crippen LogP contribution is 2.40. The number of imidazole rings is 1. The minimum Gasteiger partial charge on any atom is -0.456 e. The van der Waals surface area contributed by atoms with Gasteiger partial charge in [-0.05, 0) is 62.6 Å². The Balaban J connectivity index is 1.21. The molecule has 11 rings (SSSR count). The summed E-state index contributed by atoms with van der Waals surface area (Å²) >= 11 is 0. The predicted molar refractivity (Wildman–Crippen MR) is 211 cm³/mol. The van der Waals surface area contributed by atoms with Gasteiger partial charge in [0, 0.05) is 27.5 Å². The van der Waals surface area contributed by atoms with Crippen LogP contribution in [0.5, 0.6) is 0 Å². The fourth-order valence-electron chi connectivity index (χ4n) is 7.73. The van der Waals surface area contributed by atoms with Crippen molar-refractivity contribution in [1.29, 1.82) is 0 Å². The number of fused-ring (bicyclic) bond motifs is 10. The molecule has 0 spiro atoms. The third-order valence-corrected chi connectivity index (χ3v) is 10.1. The van der Waals surface area contributed by atoms with Crippen LogP contribution in [0.25, 0.3) is 105 Å². The maximum Gasteiger partial charge on any atom is 0.240 e. The average Bonchev–Trinajstić information content (AvgIpc) is 3.80. The normalized spacial score (nSPS) is 11.8. The zero-order valence-corrected chi connectivity index (χ0v) is 27.7. The number of benzene rings is 8. The van der Waals surface area contributed by atoms with Gasteiger partial charge in [-0.15, -0.1) is 0 Å². The Hall–Kier alpha value is -7.18. The maximum atomic E-state index is 6.30. The molecule has 242 valence electrons. The van der Waals surface area contributed by atoms with Crippen molar-refractivity contribution in [2.24, 2.45) is 0 Å². The maximum absolute atomic E-state index is 6.30. The first-order valence-corrected chi connectivity index (χ1v) is 17.3. The van der Waals surface area contributed by atoms with Gasteiger partial charge in [0.1, 0.15) is 17.0 Å². The minimum atomic E-state index is 0.487. The van der Waals surface area contributed by atoms with Gasteiger partial charge in [-0.2, -0.15) is 9.97 Å². The highest BCUT2D eigenvalue weighted by molar-refractivity contribution is 6.25. The van der Waals surface area contributed by atoms with Crippen LogP contribution in [0.1, 0.15) is 0 Å². The summed E-state index contributed by atoms with van der Waals surface area (Å²) in [5.74, 6) is 2.38. The van der Waals surface area contributed by atoms with Gasteiger partial charge >= 0.3 is 0 Å². The van der Waals surface area contributed by atoms with Gasteiger partial charge in [-0.25, -0.2) is 9.97 Å². The molecule has 0 unspecified atom stereocenters. The minimum absolute atomic E-state index is 0.487. The molecule has 0 aliphatic carbocycles. The lowest BCUT2D eigenvalue weighted by molar-refractivity contribution is 0.669. The molecule has 8 aromatic carbocycles. The van der Waals surface area contributed by atoms with E-state index >= 15 is 0 Å². The van der Waals surface area contributed by atoms with Gasteiger partial charge < -0.3 is 4.42 Å². The van der Waals surface area contributed by atoms with E-state index < -0.39 is 0 Å². The molecule has 0 atom stereocenters. The van der Waals surface area contributed by atoms with Crippen molar-refractivity contribution in [2.45, 2.75) is 0 Å². The Morgan fingerprint density at radius 3 is 1.77 bits per heavy atom. The molecular formula is C46H27N5O. The monoisotopic (exact) mass is 665 g/mol. The Bertz CT molecular complexity index is 3160. The van der Waals surface area contributed by atoms with Crippen molar-refractivity contribution in [1.82, 2.24) is 24.5 Å². The molecule has 0 saturated heterocycles. The second-order valence-electron chi connectivity index (χ2n) is 13.0. The highest BCUT2D eigenvalue weighted by Gasteiger charge is 2.23. The summed E-state index contributed by atoms with van der Waals surface area (Å²) < 4.78 is 8.37. The number of hydrogen-bond donors (Lipinski definition) is 0. The van der Waals surface area contributed by atoms with E-state index in [1.54, 1.807) is 0 Å². The van der Waals surface area contributed by atoms with Crippen LogP contribution in [0, 0.1) is 0 Å². The Kier molecular flexibility index (Phi) is 6.15. The smallest absolute Gasteiger partial charge is 0.240 e. The summed E-state index contributed by atoms with van der Waals surface area (Å²) in [5, 5.41) is 9.26. The van der Waals surface area contributed by atoms with Crippen molar-refractivity contribution >= 4 is 65.3 Å². The van der Waals surface area contributed by atoms with Gasteiger partial charge in [0.15, 0.2) is 11.6 Å². The summed E-state index contributed by atoms with van der Waals surface area (Å²) in [7, 11) is 0. The van der Waals surface area contributed by atoms with E-state index in [0.29, 0.717) is 17.6 Å². The SMILES string of the molecule is c1ccc(-c2nc(-c3ccc4c5ccccc5c5ccccc5c4c3)nc(-n3c(-c4cccc5oc6ccccc6c45)nc4ccccc43)n2)cc1. The van der Waals surface area contributed by atoms with E-state index in [9.17, 15) is 0 Å². The highest BCUT2D eigenvalue weighted by atomic mass is 16.3. The molecule has 3 heterocycles. The molecular weight excluding hydrogens is 639 g/mol. The van der Waals surface area contributed by atoms with Crippen LogP contribution in [0.15, 0.2) is 168 Å². The summed E-state index contributed by atoms with van der Waals surface area (Å²) in [6.45, 7) is 0. The first-order valence-electron chi connectivity index (χ1n) is 17.3. The largest absolute Gasteiger partial charge is 0.456 e. The van der Waals surface area contributed by atoms with E-state index in [2.05, 4.69) is 89.5 Å². The van der Waals surface area contributed by atoms with Crippen LogP contribution in [0.2, 0.25) is 0 Å². The molecule has 6 nitrogen and oxygen atoms in total. The van der Waals surface area contributed by atoms with Gasteiger partial charge in [0.25, 0.3) is 0 Å². The Morgan fingerprint density at radius 1 is 0.404 bits per heavy atom. The Morgan fingerprint density at radius 2 is 1.00 bits per heavy atom. The molecule has 11 aromatic rings. The molecule has 0 amide bonds. The first-order chi connectivity index (χ1) is 25.8. The van der Waals surface area contributed by atoms with Crippen LogP contribution in [0.3, 0.4) is 0 Å². The van der Waals surface area contributed by atoms with E-state index in [1.807, 2.05) is 78.9 Å². The van der Waals surface area contributed by atoms with Gasteiger partial charge in [0.2, 0.25) is 5.95 Å². The number of hydrogen-bond acceptors (Lipinski definition) is 5. The van der Waals surface area contributed by atoms with Gasteiger partial charge in [-0.1, -0.05) is 133 Å². The fraction of sp³-hybridized carbons (Fsp3) is 0. The van der Waals surface area contributed by atoms with Crippen molar-refractivity contribution in [3.05, 3.63) is 164 Å². The van der Waals surface area contributed by atoms with Gasteiger partial charge in [-0.3, -0.25) is 4.57 Å². The molecule has 6 heteroatoms. The second kappa shape index (κ2) is 11.2. The molecule has 3 aromatic heterocycles. The van der Waals surface area contributed by atoms with Crippen molar-refractivity contribution in [3.63, 3.8) is 0 Å². The molecule has 0 aliphatic heterocycles. The van der Waals surface area contributed by atoms with E-state index in [4.69, 9.17) is 24.4 Å². The summed E-state index contributed by atoms with van der Waals surface area (Å²) in [6, 6.07) is 56.3. The topological polar surface area (TPSA) is 69.6 Å². The number of nitrogens with zero attached hydrogens (tertiary/aromatic N) is 5. The second-order valence-corrected chi connectivity index (χ2v) is 13.0. The summed E-state index contributed by atoms with van der Waals surface area (Å²) in [5.41, 5.74) is 6.11. The van der Waals surface area contributed by atoms with Crippen LogP contribution < -0.4 is 0 Å². The molecule has 0 aliphatic rings. The van der Waals surface area contributed by atoms with Crippen molar-refractivity contribution in [2.75, 3.05) is 0 Å². The first kappa shape index (κ1) is 28.6. The van der Waals surface area contributed by atoms with E-state index in [0.717, 1.165) is 60.9 Å². The molecule has 52 heavy (non-hydrogen) atoms. The van der Waals surface area contributed by atoms with Crippen LogP contribution in [-0.4, -0.2) is 24.5 Å². The average molecular weight is 666 g/mol. The lowest BCUT2D eigenvalue weighted by atomic mass is 9.93. The zero-order chi connectivity index (χ0) is 34.2. The zero-order valence-electron chi connectivity index (χ0n) is 27.7. The third kappa shape index (κ3) is 4.31. The molecule has 0 saturated carbocycles. The Labute approximate surface area is 297 Å². The van der Waals surface area contributed by atoms with Crippen molar-refractivity contribution < 1.29 is 4.42 Å². The third-order valence-electron chi connectivity index (χ3n) is 10.1. The lowest BCUT2D eigenvalue weighted by Gasteiger charge is -2.14. The molecule has 0 radical (unpaired) electrons. The molecule has 0 N–H and O–H groups in total. The lowest BCUT2D eigenvalue weighted by Crippen LogP contribution is -2.08.